The Bertz CT molecular complexity index is 669. The Balaban J connectivity index is 1.99. The van der Waals surface area contributed by atoms with E-state index in [9.17, 15) is 4.79 Å². The summed E-state index contributed by atoms with van der Waals surface area (Å²) in [5, 5.41) is 1.11. The molecule has 0 spiro atoms. The maximum atomic E-state index is 11.1. The van der Waals surface area contributed by atoms with E-state index in [1.807, 2.05) is 26.1 Å². The van der Waals surface area contributed by atoms with Gasteiger partial charge in [0, 0.05) is 42.5 Å². The van der Waals surface area contributed by atoms with Crippen LogP contribution in [0.5, 0.6) is 0 Å². The van der Waals surface area contributed by atoms with Crippen molar-refractivity contribution in [1.82, 2.24) is 4.98 Å². The highest BCUT2D eigenvalue weighted by Gasteiger charge is 2.24. The fourth-order valence-corrected chi connectivity index (χ4v) is 3.02. The Morgan fingerprint density at radius 1 is 1.48 bits per heavy atom. The SMILES string of the molecule is CCO[C@H]1CCN(c2ccnc3cc(C=O)c(C)cc23)C1. The van der Waals surface area contributed by atoms with E-state index in [4.69, 9.17) is 4.74 Å². The molecule has 0 saturated carbocycles. The molecule has 1 atom stereocenters. The molecule has 4 nitrogen and oxygen atoms in total. The average molecular weight is 284 g/mol. The van der Waals surface area contributed by atoms with Gasteiger partial charge in [-0.25, -0.2) is 0 Å². The molecule has 3 rings (SSSR count). The van der Waals surface area contributed by atoms with Crippen molar-refractivity contribution in [1.29, 1.82) is 0 Å². The van der Waals surface area contributed by atoms with Crippen LogP contribution in [0.2, 0.25) is 0 Å². The third-order valence-corrected chi connectivity index (χ3v) is 4.12. The standard InChI is InChI=1S/C17H20N2O2/c1-3-21-14-5-7-19(10-14)17-4-6-18-16-9-13(11-20)12(2)8-15(16)17/h4,6,8-9,11,14H,3,5,7,10H2,1-2H3/t14-/m0/s1. The Labute approximate surface area is 124 Å². The van der Waals surface area contributed by atoms with E-state index in [2.05, 4.69) is 22.0 Å². The molecule has 0 N–H and O–H groups in total. The average Bonchev–Trinajstić information content (AvgIpc) is 2.95. The molecule has 1 aromatic heterocycles. The largest absolute Gasteiger partial charge is 0.377 e. The Morgan fingerprint density at radius 2 is 2.33 bits per heavy atom. The van der Waals surface area contributed by atoms with E-state index in [1.54, 1.807) is 0 Å². The number of carbonyl (C=O) groups excluding carboxylic acids is 1. The number of anilines is 1. The van der Waals surface area contributed by atoms with Crippen molar-refractivity contribution >= 4 is 22.9 Å². The zero-order valence-electron chi connectivity index (χ0n) is 12.5. The van der Waals surface area contributed by atoms with Gasteiger partial charge in [-0.05, 0) is 44.0 Å². The normalized spacial score (nSPS) is 18.4. The second-order valence-corrected chi connectivity index (χ2v) is 5.49. The third-order valence-electron chi connectivity index (χ3n) is 4.12. The van der Waals surface area contributed by atoms with E-state index < -0.39 is 0 Å². The first-order valence-electron chi connectivity index (χ1n) is 7.44. The Morgan fingerprint density at radius 3 is 3.10 bits per heavy atom. The highest BCUT2D eigenvalue weighted by Crippen LogP contribution is 2.30. The minimum absolute atomic E-state index is 0.313. The van der Waals surface area contributed by atoms with Crippen molar-refractivity contribution in [3.8, 4) is 0 Å². The van der Waals surface area contributed by atoms with Crippen LogP contribution in [-0.4, -0.2) is 37.1 Å². The van der Waals surface area contributed by atoms with E-state index in [1.165, 1.54) is 5.69 Å². The monoisotopic (exact) mass is 284 g/mol. The number of nitrogens with zero attached hydrogens (tertiary/aromatic N) is 2. The summed E-state index contributed by atoms with van der Waals surface area (Å²) in [5.41, 5.74) is 3.76. The van der Waals surface area contributed by atoms with Crippen LogP contribution in [0.1, 0.15) is 29.3 Å². The summed E-state index contributed by atoms with van der Waals surface area (Å²) in [6.45, 7) is 6.68. The van der Waals surface area contributed by atoms with Crippen LogP contribution in [0.4, 0.5) is 5.69 Å². The summed E-state index contributed by atoms with van der Waals surface area (Å²) < 4.78 is 5.72. The van der Waals surface area contributed by atoms with Crippen molar-refractivity contribution in [3.05, 3.63) is 35.5 Å². The maximum Gasteiger partial charge on any atom is 0.150 e. The number of benzene rings is 1. The summed E-state index contributed by atoms with van der Waals surface area (Å²) in [6, 6.07) is 5.99. The third kappa shape index (κ3) is 2.63. The lowest BCUT2D eigenvalue weighted by Gasteiger charge is -2.20. The van der Waals surface area contributed by atoms with Gasteiger partial charge in [-0.2, -0.15) is 0 Å². The van der Waals surface area contributed by atoms with Gasteiger partial charge in [0.15, 0.2) is 0 Å². The lowest BCUT2D eigenvalue weighted by atomic mass is 10.0. The van der Waals surface area contributed by atoms with Gasteiger partial charge in [0.1, 0.15) is 6.29 Å². The van der Waals surface area contributed by atoms with Crippen LogP contribution in [0.3, 0.4) is 0 Å². The molecule has 2 aromatic rings. The van der Waals surface area contributed by atoms with E-state index in [-0.39, 0.29) is 0 Å². The number of aldehydes is 1. The highest BCUT2D eigenvalue weighted by atomic mass is 16.5. The van der Waals surface area contributed by atoms with E-state index in [0.717, 1.165) is 48.9 Å². The number of aryl methyl sites for hydroxylation is 1. The Hall–Kier alpha value is -1.94. The van der Waals surface area contributed by atoms with Crippen LogP contribution in [0.15, 0.2) is 24.4 Å². The summed E-state index contributed by atoms with van der Waals surface area (Å²) in [7, 11) is 0. The van der Waals surface area contributed by atoms with Gasteiger partial charge < -0.3 is 9.64 Å². The number of fused-ring (bicyclic) bond motifs is 1. The molecule has 1 aliphatic heterocycles. The molecule has 0 unspecified atom stereocenters. The number of hydrogen-bond acceptors (Lipinski definition) is 4. The van der Waals surface area contributed by atoms with Crippen LogP contribution in [0.25, 0.3) is 10.9 Å². The smallest absolute Gasteiger partial charge is 0.150 e. The molecule has 0 amide bonds. The van der Waals surface area contributed by atoms with Crippen molar-refractivity contribution in [2.75, 3.05) is 24.6 Å². The number of aromatic nitrogens is 1. The molecule has 2 heterocycles. The quantitative estimate of drug-likeness (QED) is 0.810. The fourth-order valence-electron chi connectivity index (χ4n) is 3.02. The predicted octanol–water partition coefficient (Wildman–Crippen LogP) is 2.97. The van der Waals surface area contributed by atoms with E-state index >= 15 is 0 Å². The number of pyridine rings is 1. The van der Waals surface area contributed by atoms with Crippen LogP contribution >= 0.6 is 0 Å². The molecule has 0 bridgehead atoms. The first-order chi connectivity index (χ1) is 10.2. The van der Waals surface area contributed by atoms with Crippen molar-refractivity contribution in [3.63, 3.8) is 0 Å². The summed E-state index contributed by atoms with van der Waals surface area (Å²) >= 11 is 0. The number of rotatable bonds is 4. The molecule has 1 saturated heterocycles. The summed E-state index contributed by atoms with van der Waals surface area (Å²) in [5.74, 6) is 0. The summed E-state index contributed by atoms with van der Waals surface area (Å²) in [6.07, 6.45) is 4.08. The van der Waals surface area contributed by atoms with Gasteiger partial charge >= 0.3 is 0 Å². The van der Waals surface area contributed by atoms with Gasteiger partial charge in [0.25, 0.3) is 0 Å². The predicted molar refractivity (Wildman–Crippen MR) is 84.1 cm³/mol. The molecular weight excluding hydrogens is 264 g/mol. The molecule has 1 fully saturated rings. The van der Waals surface area contributed by atoms with Gasteiger partial charge in [-0.3, -0.25) is 9.78 Å². The van der Waals surface area contributed by atoms with E-state index in [0.29, 0.717) is 11.7 Å². The fraction of sp³-hybridized carbons (Fsp3) is 0.412. The van der Waals surface area contributed by atoms with Gasteiger partial charge in [0.05, 0.1) is 11.6 Å². The second kappa shape index (κ2) is 5.82. The van der Waals surface area contributed by atoms with Gasteiger partial charge in [-0.15, -0.1) is 0 Å². The van der Waals surface area contributed by atoms with Gasteiger partial charge in [-0.1, -0.05) is 0 Å². The molecular formula is C17H20N2O2. The van der Waals surface area contributed by atoms with Crippen molar-refractivity contribution < 1.29 is 9.53 Å². The molecule has 0 aliphatic carbocycles. The number of carbonyl (C=O) groups is 1. The Kier molecular flexibility index (Phi) is 3.88. The van der Waals surface area contributed by atoms with Crippen molar-refractivity contribution in [2.24, 2.45) is 0 Å². The van der Waals surface area contributed by atoms with Crippen molar-refractivity contribution in [2.45, 2.75) is 26.4 Å². The van der Waals surface area contributed by atoms with Crippen LogP contribution in [0, 0.1) is 6.92 Å². The minimum atomic E-state index is 0.313. The van der Waals surface area contributed by atoms with Gasteiger partial charge in [0.2, 0.25) is 0 Å². The zero-order valence-corrected chi connectivity index (χ0v) is 12.5. The molecule has 0 radical (unpaired) electrons. The lowest BCUT2D eigenvalue weighted by Crippen LogP contribution is -2.23. The minimum Gasteiger partial charge on any atom is -0.377 e. The first-order valence-corrected chi connectivity index (χ1v) is 7.44. The first kappa shape index (κ1) is 14.0. The molecule has 21 heavy (non-hydrogen) atoms. The number of ether oxygens (including phenoxy) is 1. The van der Waals surface area contributed by atoms with Crippen LogP contribution < -0.4 is 4.90 Å². The second-order valence-electron chi connectivity index (χ2n) is 5.49. The molecule has 4 heteroatoms. The molecule has 1 aliphatic rings. The highest BCUT2D eigenvalue weighted by molar-refractivity contribution is 5.96. The number of hydrogen-bond donors (Lipinski definition) is 0. The topological polar surface area (TPSA) is 42.4 Å². The zero-order chi connectivity index (χ0) is 14.8. The molecule has 110 valence electrons. The lowest BCUT2D eigenvalue weighted by molar-refractivity contribution is 0.0788. The maximum absolute atomic E-state index is 11.1. The summed E-state index contributed by atoms with van der Waals surface area (Å²) in [4.78, 5) is 17.8. The van der Waals surface area contributed by atoms with Crippen LogP contribution in [-0.2, 0) is 4.74 Å². The molecule has 1 aromatic carbocycles.